The summed E-state index contributed by atoms with van der Waals surface area (Å²) >= 11 is 11.8. The van der Waals surface area contributed by atoms with E-state index in [-0.39, 0.29) is 12.4 Å². The Morgan fingerprint density at radius 1 is 1.10 bits per heavy atom. The van der Waals surface area contributed by atoms with Gasteiger partial charge >= 0.3 is 0 Å². The molecule has 0 saturated carbocycles. The molecule has 0 aliphatic rings. The van der Waals surface area contributed by atoms with Crippen LogP contribution in [0.5, 0.6) is 5.75 Å². The Balaban J connectivity index is 2.15. The lowest BCUT2D eigenvalue weighted by Gasteiger charge is -2.12. The van der Waals surface area contributed by atoms with Crippen LogP contribution in [-0.2, 0) is 13.0 Å². The summed E-state index contributed by atoms with van der Waals surface area (Å²) in [5, 5.41) is 0.925. The first-order valence-corrected chi connectivity index (χ1v) is 6.91. The van der Waals surface area contributed by atoms with Gasteiger partial charge in [0.05, 0.1) is 10.0 Å². The third-order valence-electron chi connectivity index (χ3n) is 2.83. The lowest BCUT2D eigenvalue weighted by Crippen LogP contribution is -2.06. The number of ether oxygens (including phenoxy) is 1. The largest absolute Gasteiger partial charge is 0.486 e. The van der Waals surface area contributed by atoms with Crippen LogP contribution in [0.2, 0.25) is 10.0 Å². The standard InChI is InChI=1S/C15H14Cl2FNO/c16-12-5-4-10(8-13(12)17)9-20-15-11(6-7-19)2-1-3-14(15)18/h1-5,8H,6-7,9,19H2. The first-order valence-electron chi connectivity index (χ1n) is 6.16. The van der Waals surface area contributed by atoms with Crippen LogP contribution in [0.3, 0.4) is 0 Å². The molecule has 106 valence electrons. The molecule has 2 nitrogen and oxygen atoms in total. The topological polar surface area (TPSA) is 35.2 Å². The summed E-state index contributed by atoms with van der Waals surface area (Å²) in [7, 11) is 0. The average Bonchev–Trinajstić information content (AvgIpc) is 2.42. The molecule has 0 amide bonds. The number of nitrogens with two attached hydrogens (primary N) is 1. The molecule has 2 aromatic rings. The minimum Gasteiger partial charge on any atom is -0.486 e. The van der Waals surface area contributed by atoms with Crippen LogP contribution in [0.15, 0.2) is 36.4 Å². The van der Waals surface area contributed by atoms with Gasteiger partial charge in [0.15, 0.2) is 11.6 Å². The van der Waals surface area contributed by atoms with Gasteiger partial charge in [-0.25, -0.2) is 4.39 Å². The summed E-state index contributed by atoms with van der Waals surface area (Å²) in [6, 6.07) is 9.99. The van der Waals surface area contributed by atoms with Gasteiger partial charge in [0, 0.05) is 0 Å². The van der Waals surface area contributed by atoms with Crippen molar-refractivity contribution in [2.24, 2.45) is 5.73 Å². The number of halogens is 3. The maximum absolute atomic E-state index is 13.8. The Morgan fingerprint density at radius 3 is 2.60 bits per heavy atom. The Labute approximate surface area is 127 Å². The Bertz CT molecular complexity index is 604. The molecule has 0 aromatic heterocycles. The zero-order chi connectivity index (χ0) is 14.5. The molecule has 0 heterocycles. The van der Waals surface area contributed by atoms with Crippen LogP contribution in [0.25, 0.3) is 0 Å². The molecule has 5 heteroatoms. The molecule has 20 heavy (non-hydrogen) atoms. The Morgan fingerprint density at radius 2 is 1.90 bits per heavy atom. The highest BCUT2D eigenvalue weighted by atomic mass is 35.5. The maximum Gasteiger partial charge on any atom is 0.165 e. The second-order valence-electron chi connectivity index (χ2n) is 4.30. The third kappa shape index (κ3) is 3.63. The zero-order valence-electron chi connectivity index (χ0n) is 10.7. The fourth-order valence-corrected chi connectivity index (χ4v) is 2.17. The first kappa shape index (κ1) is 15.1. The molecule has 0 aliphatic heterocycles. The van der Waals surface area contributed by atoms with E-state index < -0.39 is 5.82 Å². The van der Waals surface area contributed by atoms with E-state index in [1.54, 1.807) is 30.3 Å². The normalized spacial score (nSPS) is 10.6. The summed E-state index contributed by atoms with van der Waals surface area (Å²) in [4.78, 5) is 0. The van der Waals surface area contributed by atoms with E-state index in [0.29, 0.717) is 23.0 Å². The molecular formula is C15H14Cl2FNO. The van der Waals surface area contributed by atoms with E-state index in [1.807, 2.05) is 0 Å². The highest BCUT2D eigenvalue weighted by Crippen LogP contribution is 2.26. The molecule has 0 aliphatic carbocycles. The molecule has 0 radical (unpaired) electrons. The van der Waals surface area contributed by atoms with Gasteiger partial charge in [0.25, 0.3) is 0 Å². The highest BCUT2D eigenvalue weighted by Gasteiger charge is 2.10. The predicted molar refractivity (Wildman–Crippen MR) is 80.0 cm³/mol. The summed E-state index contributed by atoms with van der Waals surface area (Å²) in [6.45, 7) is 0.655. The van der Waals surface area contributed by atoms with Crippen molar-refractivity contribution in [3.8, 4) is 5.75 Å². The third-order valence-corrected chi connectivity index (χ3v) is 3.57. The lowest BCUT2D eigenvalue weighted by molar-refractivity contribution is 0.287. The van der Waals surface area contributed by atoms with Gasteiger partial charge in [-0.2, -0.15) is 0 Å². The van der Waals surface area contributed by atoms with Crippen molar-refractivity contribution in [3.63, 3.8) is 0 Å². The van der Waals surface area contributed by atoms with E-state index in [4.69, 9.17) is 33.7 Å². The van der Waals surface area contributed by atoms with Crippen LogP contribution in [0.1, 0.15) is 11.1 Å². The Hall–Kier alpha value is -1.29. The minimum absolute atomic E-state index is 0.218. The fraction of sp³-hybridized carbons (Fsp3) is 0.200. The van der Waals surface area contributed by atoms with Crippen molar-refractivity contribution in [2.75, 3.05) is 6.54 Å². The minimum atomic E-state index is -0.393. The van der Waals surface area contributed by atoms with Crippen molar-refractivity contribution in [2.45, 2.75) is 13.0 Å². The van der Waals surface area contributed by atoms with Crippen LogP contribution in [0.4, 0.5) is 4.39 Å². The van der Waals surface area contributed by atoms with E-state index >= 15 is 0 Å². The van der Waals surface area contributed by atoms with Crippen molar-refractivity contribution >= 4 is 23.2 Å². The predicted octanol–water partition coefficient (Wildman–Crippen LogP) is 4.21. The van der Waals surface area contributed by atoms with Crippen molar-refractivity contribution in [1.82, 2.24) is 0 Å². The lowest BCUT2D eigenvalue weighted by atomic mass is 10.1. The van der Waals surface area contributed by atoms with Gasteiger partial charge in [0.1, 0.15) is 6.61 Å². The van der Waals surface area contributed by atoms with Crippen molar-refractivity contribution in [3.05, 3.63) is 63.4 Å². The molecule has 0 saturated heterocycles. The van der Waals surface area contributed by atoms with Crippen LogP contribution in [0, 0.1) is 5.82 Å². The monoisotopic (exact) mass is 313 g/mol. The highest BCUT2D eigenvalue weighted by molar-refractivity contribution is 6.42. The molecule has 0 atom stereocenters. The summed E-state index contributed by atoms with van der Waals surface area (Å²) in [6.07, 6.45) is 0.564. The number of hydrogen-bond donors (Lipinski definition) is 1. The van der Waals surface area contributed by atoms with E-state index in [2.05, 4.69) is 0 Å². The fourth-order valence-electron chi connectivity index (χ4n) is 1.85. The van der Waals surface area contributed by atoms with Gasteiger partial charge < -0.3 is 10.5 Å². The van der Waals surface area contributed by atoms with Crippen molar-refractivity contribution < 1.29 is 9.13 Å². The van der Waals surface area contributed by atoms with Crippen LogP contribution < -0.4 is 10.5 Å². The summed E-state index contributed by atoms with van der Waals surface area (Å²) in [5.41, 5.74) is 7.09. The van der Waals surface area contributed by atoms with Gasteiger partial charge in [-0.3, -0.25) is 0 Å². The SMILES string of the molecule is NCCc1cccc(F)c1OCc1ccc(Cl)c(Cl)c1. The quantitative estimate of drug-likeness (QED) is 0.897. The smallest absolute Gasteiger partial charge is 0.165 e. The number of rotatable bonds is 5. The van der Waals surface area contributed by atoms with Gasteiger partial charge in [-0.15, -0.1) is 0 Å². The van der Waals surface area contributed by atoms with Crippen LogP contribution in [-0.4, -0.2) is 6.54 Å². The van der Waals surface area contributed by atoms with Gasteiger partial charge in [0.2, 0.25) is 0 Å². The average molecular weight is 314 g/mol. The van der Waals surface area contributed by atoms with Crippen LogP contribution >= 0.6 is 23.2 Å². The van der Waals surface area contributed by atoms with Gasteiger partial charge in [-0.1, -0.05) is 41.4 Å². The molecule has 0 fully saturated rings. The molecule has 2 N–H and O–H groups in total. The van der Waals surface area contributed by atoms with Gasteiger partial charge in [-0.05, 0) is 42.3 Å². The van der Waals surface area contributed by atoms with E-state index in [9.17, 15) is 4.39 Å². The first-order chi connectivity index (χ1) is 9.61. The molecule has 0 bridgehead atoms. The second-order valence-corrected chi connectivity index (χ2v) is 5.12. The number of para-hydroxylation sites is 1. The summed E-state index contributed by atoms with van der Waals surface area (Å²) in [5.74, 6) is -0.153. The maximum atomic E-state index is 13.8. The molecule has 0 unspecified atom stereocenters. The second kappa shape index (κ2) is 6.93. The van der Waals surface area contributed by atoms with E-state index in [0.717, 1.165) is 11.1 Å². The molecule has 2 rings (SSSR count). The van der Waals surface area contributed by atoms with E-state index in [1.165, 1.54) is 6.07 Å². The number of hydrogen-bond acceptors (Lipinski definition) is 2. The Kier molecular flexibility index (Phi) is 5.24. The molecule has 2 aromatic carbocycles. The summed E-state index contributed by atoms with van der Waals surface area (Å²) < 4.78 is 19.4. The molecule has 0 spiro atoms. The number of benzene rings is 2. The van der Waals surface area contributed by atoms with Crippen molar-refractivity contribution in [1.29, 1.82) is 0 Å². The zero-order valence-corrected chi connectivity index (χ0v) is 12.2. The molecular weight excluding hydrogens is 300 g/mol.